The van der Waals surface area contributed by atoms with E-state index in [0.29, 0.717) is 0 Å². The second-order valence-electron chi connectivity index (χ2n) is 2.12. The summed E-state index contributed by atoms with van der Waals surface area (Å²) in [7, 11) is -1.79. The van der Waals surface area contributed by atoms with Crippen LogP contribution in [0.4, 0.5) is 4.79 Å². The molecule has 0 bridgehead atoms. The summed E-state index contributed by atoms with van der Waals surface area (Å²) in [6.07, 6.45) is -0.502. The van der Waals surface area contributed by atoms with Gasteiger partial charge >= 0.3 is 19.1 Å². The number of hydrogen-bond acceptors (Lipinski definition) is 4. The molecule has 0 rings (SSSR count). The van der Waals surface area contributed by atoms with E-state index in [2.05, 4.69) is 5.73 Å². The molecule has 2 amide bonds. The lowest BCUT2D eigenvalue weighted by atomic mass is 9.82. The van der Waals surface area contributed by atoms with Gasteiger partial charge in [-0.05, 0) is 0 Å². The van der Waals surface area contributed by atoms with Crippen molar-refractivity contribution in [3.63, 3.8) is 0 Å². The van der Waals surface area contributed by atoms with Gasteiger partial charge in [-0.2, -0.15) is 0 Å². The van der Waals surface area contributed by atoms with Crippen LogP contribution in [-0.2, 0) is 4.79 Å². The summed E-state index contributed by atoms with van der Waals surface area (Å²) in [5.41, 5.74) is 4.63. The topological polar surface area (TPSA) is 133 Å². The van der Waals surface area contributed by atoms with E-state index >= 15 is 0 Å². The molecule has 0 aromatic carbocycles. The molecule has 0 fully saturated rings. The zero-order valence-corrected chi connectivity index (χ0v) is 6.10. The molecule has 1 atom stereocenters. The van der Waals surface area contributed by atoms with E-state index < -0.39 is 31.5 Å². The number of nitrogens with one attached hydrogen (secondary N) is 1. The number of carboxylic acid groups (broad SMARTS) is 1. The maximum atomic E-state index is 10.3. The molecule has 0 aliphatic rings. The normalized spacial score (nSPS) is 11.8. The molecule has 68 valence electrons. The van der Waals surface area contributed by atoms with Crippen molar-refractivity contribution in [1.29, 1.82) is 0 Å². The zero-order valence-electron chi connectivity index (χ0n) is 6.10. The van der Waals surface area contributed by atoms with Crippen LogP contribution < -0.4 is 11.1 Å². The molecule has 0 saturated carbocycles. The predicted octanol–water partition coefficient (Wildman–Crippen LogP) is -2.42. The van der Waals surface area contributed by atoms with Crippen molar-refractivity contribution < 1.29 is 24.7 Å². The van der Waals surface area contributed by atoms with Crippen molar-refractivity contribution in [2.45, 2.75) is 12.4 Å². The minimum Gasteiger partial charge on any atom is -0.480 e. The van der Waals surface area contributed by atoms with Gasteiger partial charge in [0.15, 0.2) is 0 Å². The van der Waals surface area contributed by atoms with Crippen LogP contribution in [0.5, 0.6) is 0 Å². The first-order valence-corrected chi connectivity index (χ1v) is 3.08. The number of aliphatic carboxylic acids is 1. The molecule has 8 heteroatoms. The first kappa shape index (κ1) is 10.7. The molecule has 0 aromatic heterocycles. The number of carbonyl (C=O) groups is 2. The molecular weight excluding hydrogens is 167 g/mol. The molecule has 0 spiro atoms. The fraction of sp³-hybridized carbons (Fsp3) is 0.500. The molecule has 0 radical (unpaired) electrons. The summed E-state index contributed by atoms with van der Waals surface area (Å²) in [6, 6.07) is -2.40. The average molecular weight is 176 g/mol. The van der Waals surface area contributed by atoms with Crippen LogP contribution in [0.25, 0.3) is 0 Å². The number of carboxylic acids is 1. The second kappa shape index (κ2) is 4.57. The van der Waals surface area contributed by atoms with E-state index in [4.69, 9.17) is 15.2 Å². The summed E-state index contributed by atoms with van der Waals surface area (Å²) in [5.74, 6) is -1.37. The van der Waals surface area contributed by atoms with Crippen LogP contribution >= 0.6 is 0 Å². The lowest BCUT2D eigenvalue weighted by molar-refractivity contribution is -0.138. The number of carbonyl (C=O) groups excluding carboxylic acids is 1. The maximum absolute atomic E-state index is 10.3. The van der Waals surface area contributed by atoms with Gasteiger partial charge in [0, 0.05) is 6.32 Å². The molecule has 0 aliphatic carbocycles. The maximum Gasteiger partial charge on any atom is 0.454 e. The second-order valence-corrected chi connectivity index (χ2v) is 2.12. The average Bonchev–Trinajstić information content (AvgIpc) is 1.83. The Morgan fingerprint density at radius 2 is 2.00 bits per heavy atom. The van der Waals surface area contributed by atoms with E-state index in [1.807, 2.05) is 5.32 Å². The lowest BCUT2D eigenvalue weighted by Crippen LogP contribution is -2.45. The Kier molecular flexibility index (Phi) is 4.09. The molecule has 0 heterocycles. The Balaban J connectivity index is 4.04. The van der Waals surface area contributed by atoms with Crippen molar-refractivity contribution in [2.24, 2.45) is 5.73 Å². The van der Waals surface area contributed by atoms with E-state index in [0.717, 1.165) is 0 Å². The van der Waals surface area contributed by atoms with E-state index in [1.54, 1.807) is 0 Å². The quantitative estimate of drug-likeness (QED) is 0.304. The van der Waals surface area contributed by atoms with Crippen LogP contribution in [-0.4, -0.2) is 40.3 Å². The fourth-order valence-electron chi connectivity index (χ4n) is 0.604. The van der Waals surface area contributed by atoms with Gasteiger partial charge in [-0.1, -0.05) is 0 Å². The van der Waals surface area contributed by atoms with Crippen molar-refractivity contribution in [3.8, 4) is 0 Å². The van der Waals surface area contributed by atoms with Crippen LogP contribution in [0.1, 0.15) is 0 Å². The Morgan fingerprint density at radius 1 is 1.50 bits per heavy atom. The molecule has 1 unspecified atom stereocenters. The highest BCUT2D eigenvalue weighted by molar-refractivity contribution is 6.41. The van der Waals surface area contributed by atoms with Crippen molar-refractivity contribution in [3.05, 3.63) is 0 Å². The molecule has 0 aromatic rings. The standard InChI is InChI=1S/C4H9BN2O5/c6-4(10)7-2(3(8)9)1-5(11)12/h2,11-12H,1H2,(H,8,9)(H3,6,7,10). The van der Waals surface area contributed by atoms with Gasteiger partial charge < -0.3 is 26.2 Å². The first-order valence-electron chi connectivity index (χ1n) is 3.08. The van der Waals surface area contributed by atoms with E-state index in [9.17, 15) is 9.59 Å². The van der Waals surface area contributed by atoms with Crippen molar-refractivity contribution in [2.75, 3.05) is 0 Å². The van der Waals surface area contributed by atoms with Gasteiger partial charge in [0.2, 0.25) is 0 Å². The van der Waals surface area contributed by atoms with Crippen LogP contribution in [0.15, 0.2) is 0 Å². The summed E-state index contributed by atoms with van der Waals surface area (Å²) in [6.45, 7) is 0. The molecule has 7 nitrogen and oxygen atoms in total. The zero-order chi connectivity index (χ0) is 9.72. The van der Waals surface area contributed by atoms with Crippen LogP contribution in [0.2, 0.25) is 6.32 Å². The number of primary amides is 1. The number of nitrogens with two attached hydrogens (primary N) is 1. The van der Waals surface area contributed by atoms with Gasteiger partial charge in [-0.3, -0.25) is 4.79 Å². The summed E-state index contributed by atoms with van der Waals surface area (Å²) in [4.78, 5) is 20.5. The lowest BCUT2D eigenvalue weighted by Gasteiger charge is -2.11. The van der Waals surface area contributed by atoms with E-state index in [1.165, 1.54) is 0 Å². The summed E-state index contributed by atoms with van der Waals surface area (Å²) in [5, 5.41) is 27.0. The molecule has 6 N–H and O–H groups in total. The van der Waals surface area contributed by atoms with Gasteiger partial charge in [0.25, 0.3) is 0 Å². The minimum atomic E-state index is -1.79. The number of urea groups is 1. The highest BCUT2D eigenvalue weighted by Gasteiger charge is 2.24. The molecule has 0 saturated heterocycles. The highest BCUT2D eigenvalue weighted by atomic mass is 16.4. The third-order valence-corrected chi connectivity index (χ3v) is 1.06. The van der Waals surface area contributed by atoms with Gasteiger partial charge in [-0.15, -0.1) is 0 Å². The Morgan fingerprint density at radius 3 is 2.25 bits per heavy atom. The van der Waals surface area contributed by atoms with Gasteiger partial charge in [-0.25, -0.2) is 4.79 Å². The third kappa shape index (κ3) is 4.53. The molecule has 12 heavy (non-hydrogen) atoms. The highest BCUT2D eigenvalue weighted by Crippen LogP contribution is 1.94. The van der Waals surface area contributed by atoms with Crippen LogP contribution in [0, 0.1) is 0 Å². The number of hydrogen-bond donors (Lipinski definition) is 5. The largest absolute Gasteiger partial charge is 0.480 e. The monoisotopic (exact) mass is 176 g/mol. The smallest absolute Gasteiger partial charge is 0.454 e. The fourth-order valence-corrected chi connectivity index (χ4v) is 0.604. The van der Waals surface area contributed by atoms with Crippen LogP contribution in [0.3, 0.4) is 0 Å². The Hall–Kier alpha value is -1.28. The number of rotatable bonds is 4. The SMILES string of the molecule is NC(=O)NC(CB(O)O)C(=O)O. The Bertz CT molecular complexity index is 184. The first-order chi connectivity index (χ1) is 5.43. The Labute approximate surface area is 68.3 Å². The summed E-state index contributed by atoms with van der Waals surface area (Å²) >= 11 is 0. The summed E-state index contributed by atoms with van der Waals surface area (Å²) < 4.78 is 0. The van der Waals surface area contributed by atoms with Gasteiger partial charge in [0.05, 0.1) is 0 Å². The molecular formula is C4H9BN2O5. The van der Waals surface area contributed by atoms with Crippen molar-refractivity contribution in [1.82, 2.24) is 5.32 Å². The number of amides is 2. The van der Waals surface area contributed by atoms with Gasteiger partial charge in [0.1, 0.15) is 6.04 Å². The molecule has 0 aliphatic heterocycles. The van der Waals surface area contributed by atoms with E-state index in [-0.39, 0.29) is 0 Å². The van der Waals surface area contributed by atoms with Crippen molar-refractivity contribution >= 4 is 19.1 Å². The predicted molar refractivity (Wildman–Crippen MR) is 39.1 cm³/mol. The minimum absolute atomic E-state index is 0.502. The third-order valence-electron chi connectivity index (χ3n) is 1.06.